The molecule has 1 aromatic heterocycles. The zero-order chi connectivity index (χ0) is 20.6. The standard InChI is InChI=1S/C22H20N2O4S/c1-15(25)18(12-16-8-4-2-5-9-16)23-20(26)13-28-22(27)19-14-29-21(24-19)17-10-6-3-7-11-17/h2-11,14,18H,12-13H2,1H3,(H,23,26)/t18-/m0/s1. The second kappa shape index (κ2) is 9.75. The van der Waals surface area contributed by atoms with Crippen molar-refractivity contribution in [3.05, 3.63) is 77.3 Å². The maximum absolute atomic E-state index is 12.2. The highest BCUT2D eigenvalue weighted by Gasteiger charge is 2.20. The van der Waals surface area contributed by atoms with Crippen molar-refractivity contribution in [1.82, 2.24) is 10.3 Å². The summed E-state index contributed by atoms with van der Waals surface area (Å²) in [5.41, 5.74) is 1.98. The van der Waals surface area contributed by atoms with E-state index in [4.69, 9.17) is 4.74 Å². The van der Waals surface area contributed by atoms with Crippen LogP contribution in [0.1, 0.15) is 23.0 Å². The van der Waals surface area contributed by atoms with E-state index in [-0.39, 0.29) is 11.5 Å². The van der Waals surface area contributed by atoms with E-state index in [0.29, 0.717) is 11.4 Å². The third kappa shape index (κ3) is 5.83. The number of amides is 1. The minimum Gasteiger partial charge on any atom is -0.451 e. The number of Topliss-reactive ketones (excluding diaryl/α,β-unsaturated/α-hetero) is 1. The van der Waals surface area contributed by atoms with Crippen LogP contribution in [0.5, 0.6) is 0 Å². The molecule has 6 nitrogen and oxygen atoms in total. The lowest BCUT2D eigenvalue weighted by Gasteiger charge is -2.16. The van der Waals surface area contributed by atoms with Gasteiger partial charge in [-0.25, -0.2) is 9.78 Å². The highest BCUT2D eigenvalue weighted by atomic mass is 32.1. The second-order valence-corrected chi connectivity index (χ2v) is 7.26. The van der Waals surface area contributed by atoms with Crippen LogP contribution >= 0.6 is 11.3 Å². The van der Waals surface area contributed by atoms with Gasteiger partial charge in [-0.3, -0.25) is 9.59 Å². The zero-order valence-electron chi connectivity index (χ0n) is 15.8. The van der Waals surface area contributed by atoms with Crippen LogP contribution in [0.25, 0.3) is 10.6 Å². The Balaban J connectivity index is 1.53. The average molecular weight is 408 g/mol. The molecule has 0 radical (unpaired) electrons. The Morgan fingerprint density at radius 3 is 2.34 bits per heavy atom. The SMILES string of the molecule is CC(=O)[C@H](Cc1ccccc1)NC(=O)COC(=O)c1csc(-c2ccccc2)n1. The number of benzene rings is 2. The van der Waals surface area contributed by atoms with Gasteiger partial charge in [0.15, 0.2) is 18.1 Å². The van der Waals surface area contributed by atoms with E-state index in [0.717, 1.165) is 11.1 Å². The third-order valence-corrected chi connectivity index (χ3v) is 5.07. The topological polar surface area (TPSA) is 85.4 Å². The molecule has 148 valence electrons. The summed E-state index contributed by atoms with van der Waals surface area (Å²) in [5.74, 6) is -1.38. The van der Waals surface area contributed by atoms with E-state index < -0.39 is 24.5 Å². The molecular weight excluding hydrogens is 388 g/mol. The summed E-state index contributed by atoms with van der Waals surface area (Å²) in [5, 5.41) is 4.91. The predicted octanol–water partition coefficient (Wildman–Crippen LogP) is 3.28. The van der Waals surface area contributed by atoms with E-state index in [1.807, 2.05) is 60.7 Å². The number of hydrogen-bond acceptors (Lipinski definition) is 6. The van der Waals surface area contributed by atoms with Crippen LogP contribution in [0, 0.1) is 0 Å². The van der Waals surface area contributed by atoms with Crippen LogP contribution < -0.4 is 5.32 Å². The fourth-order valence-electron chi connectivity index (χ4n) is 2.67. The van der Waals surface area contributed by atoms with Gasteiger partial charge in [0.05, 0.1) is 6.04 Å². The molecule has 0 spiro atoms. The van der Waals surface area contributed by atoms with E-state index in [1.165, 1.54) is 18.3 Å². The maximum atomic E-state index is 12.2. The molecule has 29 heavy (non-hydrogen) atoms. The maximum Gasteiger partial charge on any atom is 0.358 e. The van der Waals surface area contributed by atoms with Crippen molar-refractivity contribution >= 4 is 29.0 Å². The van der Waals surface area contributed by atoms with Gasteiger partial charge in [0, 0.05) is 10.9 Å². The number of carbonyl (C=O) groups is 3. The first-order valence-corrected chi connectivity index (χ1v) is 9.92. The van der Waals surface area contributed by atoms with E-state index in [1.54, 1.807) is 5.38 Å². The first kappa shape index (κ1) is 20.4. The van der Waals surface area contributed by atoms with E-state index in [2.05, 4.69) is 10.3 Å². The molecule has 0 aliphatic heterocycles. The van der Waals surface area contributed by atoms with Crippen molar-refractivity contribution in [2.75, 3.05) is 6.61 Å². The van der Waals surface area contributed by atoms with Gasteiger partial charge in [-0.2, -0.15) is 0 Å². The molecule has 1 amide bonds. The number of ether oxygens (including phenoxy) is 1. The molecule has 3 rings (SSSR count). The van der Waals surface area contributed by atoms with Crippen LogP contribution in [0.2, 0.25) is 0 Å². The van der Waals surface area contributed by atoms with Gasteiger partial charge in [0.1, 0.15) is 5.01 Å². The van der Waals surface area contributed by atoms with Gasteiger partial charge in [0.25, 0.3) is 5.91 Å². The number of thiazole rings is 1. The lowest BCUT2D eigenvalue weighted by molar-refractivity contribution is -0.128. The molecule has 1 heterocycles. The van der Waals surface area contributed by atoms with Gasteiger partial charge < -0.3 is 10.1 Å². The van der Waals surface area contributed by atoms with Gasteiger partial charge in [-0.15, -0.1) is 11.3 Å². The van der Waals surface area contributed by atoms with Gasteiger partial charge in [0.2, 0.25) is 0 Å². The van der Waals surface area contributed by atoms with E-state index in [9.17, 15) is 14.4 Å². The van der Waals surface area contributed by atoms with Crippen LogP contribution in [0.4, 0.5) is 0 Å². The van der Waals surface area contributed by atoms with Crippen LogP contribution in [-0.4, -0.2) is 35.3 Å². The van der Waals surface area contributed by atoms with Crippen molar-refractivity contribution in [3.63, 3.8) is 0 Å². The smallest absolute Gasteiger partial charge is 0.358 e. The Kier molecular flexibility index (Phi) is 6.86. The highest BCUT2D eigenvalue weighted by molar-refractivity contribution is 7.13. The first-order valence-electron chi connectivity index (χ1n) is 9.04. The van der Waals surface area contributed by atoms with Gasteiger partial charge in [-0.1, -0.05) is 60.7 Å². The zero-order valence-corrected chi connectivity index (χ0v) is 16.6. The average Bonchev–Trinajstić information content (AvgIpc) is 3.23. The number of nitrogens with one attached hydrogen (secondary N) is 1. The fourth-order valence-corrected chi connectivity index (χ4v) is 3.46. The summed E-state index contributed by atoms with van der Waals surface area (Å²) in [6, 6.07) is 18.2. The van der Waals surface area contributed by atoms with Crippen molar-refractivity contribution in [3.8, 4) is 10.6 Å². The normalized spacial score (nSPS) is 11.5. The Hall–Kier alpha value is -3.32. The van der Waals surface area contributed by atoms with Crippen LogP contribution in [-0.2, 0) is 20.7 Å². The number of rotatable bonds is 8. The van der Waals surface area contributed by atoms with Gasteiger partial charge in [-0.05, 0) is 18.9 Å². The van der Waals surface area contributed by atoms with Crippen molar-refractivity contribution in [2.24, 2.45) is 0 Å². The minimum absolute atomic E-state index is 0.147. The number of carbonyl (C=O) groups excluding carboxylic acids is 3. The molecule has 0 bridgehead atoms. The molecular formula is C22H20N2O4S. The predicted molar refractivity (Wildman–Crippen MR) is 111 cm³/mol. The van der Waals surface area contributed by atoms with Crippen molar-refractivity contribution in [1.29, 1.82) is 0 Å². The van der Waals surface area contributed by atoms with Gasteiger partial charge >= 0.3 is 5.97 Å². The molecule has 3 aromatic rings. The number of aromatic nitrogens is 1. The Labute approximate surface area is 172 Å². The Morgan fingerprint density at radius 1 is 1.03 bits per heavy atom. The number of ketones is 1. The molecule has 0 saturated carbocycles. The lowest BCUT2D eigenvalue weighted by Crippen LogP contribution is -2.43. The minimum atomic E-state index is -0.680. The molecule has 0 aliphatic carbocycles. The summed E-state index contributed by atoms with van der Waals surface area (Å²) in [6.45, 7) is 0.940. The molecule has 0 fully saturated rings. The summed E-state index contributed by atoms with van der Waals surface area (Å²) in [4.78, 5) is 40.4. The van der Waals surface area contributed by atoms with Crippen LogP contribution in [0.3, 0.4) is 0 Å². The molecule has 2 aromatic carbocycles. The highest BCUT2D eigenvalue weighted by Crippen LogP contribution is 2.23. The molecule has 1 N–H and O–H groups in total. The summed E-state index contributed by atoms with van der Waals surface area (Å²) in [7, 11) is 0. The molecule has 0 unspecified atom stereocenters. The quantitative estimate of drug-likeness (QED) is 0.578. The van der Waals surface area contributed by atoms with E-state index >= 15 is 0 Å². The number of nitrogens with zero attached hydrogens (tertiary/aromatic N) is 1. The number of esters is 1. The summed E-state index contributed by atoms with van der Waals surface area (Å²) >= 11 is 1.32. The third-order valence-electron chi connectivity index (χ3n) is 4.18. The summed E-state index contributed by atoms with van der Waals surface area (Å²) in [6.07, 6.45) is 0.377. The largest absolute Gasteiger partial charge is 0.451 e. The number of hydrogen-bond donors (Lipinski definition) is 1. The van der Waals surface area contributed by atoms with Crippen molar-refractivity contribution < 1.29 is 19.1 Å². The fraction of sp³-hybridized carbons (Fsp3) is 0.182. The van der Waals surface area contributed by atoms with Crippen molar-refractivity contribution in [2.45, 2.75) is 19.4 Å². The monoisotopic (exact) mass is 408 g/mol. The Bertz CT molecular complexity index is 986. The molecule has 1 atom stereocenters. The first-order chi connectivity index (χ1) is 14.0. The molecule has 0 saturated heterocycles. The second-order valence-electron chi connectivity index (χ2n) is 6.40. The van der Waals surface area contributed by atoms with Crippen LogP contribution in [0.15, 0.2) is 66.0 Å². The Morgan fingerprint density at radius 2 is 1.69 bits per heavy atom. The lowest BCUT2D eigenvalue weighted by atomic mass is 10.0. The molecule has 0 aliphatic rings. The summed E-state index contributed by atoms with van der Waals surface area (Å²) < 4.78 is 5.05. The molecule has 7 heteroatoms.